The first-order chi connectivity index (χ1) is 15.6. The number of esters is 1. The van der Waals surface area contributed by atoms with Crippen molar-refractivity contribution in [2.24, 2.45) is 5.92 Å². The molecule has 0 amide bonds. The van der Waals surface area contributed by atoms with Crippen LogP contribution in [0.15, 0.2) is 30.6 Å². The highest BCUT2D eigenvalue weighted by Crippen LogP contribution is 2.31. The third-order valence-corrected chi connectivity index (χ3v) is 6.50. The van der Waals surface area contributed by atoms with E-state index in [0.717, 1.165) is 56.4 Å². The Labute approximate surface area is 192 Å². The fourth-order valence-corrected chi connectivity index (χ4v) is 4.45. The van der Waals surface area contributed by atoms with Crippen LogP contribution in [0.1, 0.15) is 100 Å². The van der Waals surface area contributed by atoms with Gasteiger partial charge in [-0.2, -0.15) is 0 Å². The molecule has 0 atom stereocenters. The Balaban J connectivity index is 1.51. The van der Waals surface area contributed by atoms with Crippen molar-refractivity contribution in [2.45, 2.75) is 97.0 Å². The van der Waals surface area contributed by atoms with Crippen LogP contribution >= 0.6 is 0 Å². The number of hydrogen-bond donors (Lipinski definition) is 0. The van der Waals surface area contributed by atoms with Crippen LogP contribution in [0.25, 0.3) is 11.4 Å². The SMILES string of the molecule is CCCCCCC1CCC(OC(=O)c2ccc(-c3ncc(CCCC)cn3)cc2F)CC1. The molecule has 0 radical (unpaired) electrons. The molecule has 1 fully saturated rings. The predicted octanol–water partition coefficient (Wildman–Crippen LogP) is 7.31. The van der Waals surface area contributed by atoms with Gasteiger partial charge >= 0.3 is 5.97 Å². The molecule has 1 heterocycles. The van der Waals surface area contributed by atoms with Gasteiger partial charge in [-0.1, -0.05) is 58.4 Å². The number of benzene rings is 1. The van der Waals surface area contributed by atoms with E-state index in [1.807, 2.05) is 0 Å². The van der Waals surface area contributed by atoms with E-state index in [9.17, 15) is 9.18 Å². The Morgan fingerprint density at radius 3 is 2.38 bits per heavy atom. The minimum absolute atomic E-state index is 0.0185. The Kier molecular flexibility index (Phi) is 9.63. The molecule has 1 aliphatic rings. The summed E-state index contributed by atoms with van der Waals surface area (Å²) < 4.78 is 20.3. The molecule has 32 heavy (non-hydrogen) atoms. The third-order valence-electron chi connectivity index (χ3n) is 6.50. The van der Waals surface area contributed by atoms with Gasteiger partial charge in [-0.05, 0) is 62.1 Å². The van der Waals surface area contributed by atoms with E-state index in [1.54, 1.807) is 18.5 Å². The number of ether oxygens (including phenoxy) is 1. The lowest BCUT2D eigenvalue weighted by Gasteiger charge is -2.28. The first kappa shape index (κ1) is 24.3. The van der Waals surface area contributed by atoms with Crippen molar-refractivity contribution in [3.05, 3.63) is 47.5 Å². The summed E-state index contributed by atoms with van der Waals surface area (Å²) in [5.74, 6) is 0.0413. The standard InChI is InChI=1S/C27H37FN2O2/c1-3-5-7-8-10-20-11-14-23(15-12-20)32-27(31)24-16-13-22(17-25(24)28)26-29-18-21(19-30-26)9-6-4-2/h13,16-20,23H,3-12,14-15H2,1-2H3. The van der Waals surface area contributed by atoms with Crippen molar-refractivity contribution in [3.63, 3.8) is 0 Å². The summed E-state index contributed by atoms with van der Waals surface area (Å²) in [6, 6.07) is 4.50. The maximum absolute atomic E-state index is 14.7. The average molecular weight is 441 g/mol. The number of aryl methyl sites for hydroxylation is 1. The molecule has 0 bridgehead atoms. The van der Waals surface area contributed by atoms with Gasteiger partial charge in [-0.15, -0.1) is 0 Å². The lowest BCUT2D eigenvalue weighted by molar-refractivity contribution is 0.0156. The topological polar surface area (TPSA) is 52.1 Å². The van der Waals surface area contributed by atoms with Gasteiger partial charge in [-0.25, -0.2) is 19.2 Å². The molecule has 174 valence electrons. The van der Waals surface area contributed by atoms with Crippen molar-refractivity contribution >= 4 is 5.97 Å². The smallest absolute Gasteiger partial charge is 0.341 e. The number of halogens is 1. The highest BCUT2D eigenvalue weighted by atomic mass is 19.1. The second-order valence-corrected chi connectivity index (χ2v) is 9.11. The van der Waals surface area contributed by atoms with Crippen molar-refractivity contribution in [2.75, 3.05) is 0 Å². The molecule has 0 aliphatic heterocycles. The van der Waals surface area contributed by atoms with Crippen LogP contribution < -0.4 is 0 Å². The van der Waals surface area contributed by atoms with E-state index in [2.05, 4.69) is 23.8 Å². The van der Waals surface area contributed by atoms with E-state index in [1.165, 1.54) is 44.2 Å². The van der Waals surface area contributed by atoms with E-state index in [-0.39, 0.29) is 11.7 Å². The summed E-state index contributed by atoms with van der Waals surface area (Å²) in [6.07, 6.45) is 17.0. The van der Waals surface area contributed by atoms with Crippen LogP contribution in [0.2, 0.25) is 0 Å². The fraction of sp³-hybridized carbons (Fsp3) is 0.593. The molecule has 0 saturated heterocycles. The number of nitrogens with zero attached hydrogens (tertiary/aromatic N) is 2. The second-order valence-electron chi connectivity index (χ2n) is 9.11. The average Bonchev–Trinajstić information content (AvgIpc) is 2.81. The van der Waals surface area contributed by atoms with E-state index in [0.29, 0.717) is 11.4 Å². The van der Waals surface area contributed by atoms with Gasteiger partial charge in [0.05, 0.1) is 5.56 Å². The van der Waals surface area contributed by atoms with Gasteiger partial charge in [0.25, 0.3) is 0 Å². The molecule has 1 aromatic heterocycles. The monoisotopic (exact) mass is 440 g/mol. The van der Waals surface area contributed by atoms with E-state index >= 15 is 0 Å². The molecule has 1 aromatic carbocycles. The highest BCUT2D eigenvalue weighted by Gasteiger charge is 2.25. The van der Waals surface area contributed by atoms with Crippen LogP contribution in [-0.2, 0) is 11.2 Å². The van der Waals surface area contributed by atoms with Crippen molar-refractivity contribution in [1.82, 2.24) is 9.97 Å². The normalized spacial score (nSPS) is 18.5. The van der Waals surface area contributed by atoms with Crippen LogP contribution in [0.5, 0.6) is 0 Å². The Hall–Kier alpha value is -2.30. The molecular weight excluding hydrogens is 403 g/mol. The molecule has 0 N–H and O–H groups in total. The quantitative estimate of drug-likeness (QED) is 0.271. The zero-order chi connectivity index (χ0) is 22.8. The second kappa shape index (κ2) is 12.7. The molecule has 2 aromatic rings. The van der Waals surface area contributed by atoms with Crippen LogP contribution in [0.4, 0.5) is 4.39 Å². The number of carbonyl (C=O) groups excluding carboxylic acids is 1. The molecule has 0 unspecified atom stereocenters. The van der Waals surface area contributed by atoms with Gasteiger partial charge in [0.15, 0.2) is 5.82 Å². The summed E-state index contributed by atoms with van der Waals surface area (Å²) in [5, 5.41) is 0. The maximum Gasteiger partial charge on any atom is 0.341 e. The molecule has 5 heteroatoms. The lowest BCUT2D eigenvalue weighted by Crippen LogP contribution is -2.25. The van der Waals surface area contributed by atoms with Crippen LogP contribution in [0, 0.1) is 11.7 Å². The molecular formula is C27H37FN2O2. The van der Waals surface area contributed by atoms with Crippen LogP contribution in [-0.4, -0.2) is 22.0 Å². The molecule has 4 nitrogen and oxygen atoms in total. The largest absolute Gasteiger partial charge is 0.459 e. The lowest BCUT2D eigenvalue weighted by atomic mass is 9.84. The number of rotatable bonds is 11. The maximum atomic E-state index is 14.7. The number of aromatic nitrogens is 2. The third kappa shape index (κ3) is 7.11. The Morgan fingerprint density at radius 1 is 1.00 bits per heavy atom. The van der Waals surface area contributed by atoms with Gasteiger partial charge in [0.2, 0.25) is 0 Å². The summed E-state index contributed by atoms with van der Waals surface area (Å²) in [6.45, 7) is 4.38. The molecule has 0 spiro atoms. The Morgan fingerprint density at radius 2 is 1.72 bits per heavy atom. The molecule has 1 aliphatic carbocycles. The van der Waals surface area contributed by atoms with Gasteiger partial charge in [-0.3, -0.25) is 0 Å². The zero-order valence-electron chi connectivity index (χ0n) is 19.6. The first-order valence-electron chi connectivity index (χ1n) is 12.4. The van der Waals surface area contributed by atoms with Crippen molar-refractivity contribution in [3.8, 4) is 11.4 Å². The van der Waals surface area contributed by atoms with Crippen LogP contribution in [0.3, 0.4) is 0 Å². The molecule has 1 saturated carbocycles. The first-order valence-corrected chi connectivity index (χ1v) is 12.4. The van der Waals surface area contributed by atoms with E-state index < -0.39 is 11.8 Å². The number of carbonyl (C=O) groups is 1. The summed E-state index contributed by atoms with van der Waals surface area (Å²) in [5.41, 5.74) is 1.62. The zero-order valence-corrected chi connectivity index (χ0v) is 19.6. The summed E-state index contributed by atoms with van der Waals surface area (Å²) >= 11 is 0. The minimum atomic E-state index is -0.587. The fourth-order valence-electron chi connectivity index (χ4n) is 4.45. The minimum Gasteiger partial charge on any atom is -0.459 e. The van der Waals surface area contributed by atoms with Crippen molar-refractivity contribution in [1.29, 1.82) is 0 Å². The predicted molar refractivity (Wildman–Crippen MR) is 126 cm³/mol. The van der Waals surface area contributed by atoms with Gasteiger partial charge in [0.1, 0.15) is 11.9 Å². The molecule has 3 rings (SSSR count). The van der Waals surface area contributed by atoms with Crippen molar-refractivity contribution < 1.29 is 13.9 Å². The van der Waals surface area contributed by atoms with E-state index in [4.69, 9.17) is 4.74 Å². The number of hydrogen-bond acceptors (Lipinski definition) is 4. The summed E-state index contributed by atoms with van der Waals surface area (Å²) in [7, 11) is 0. The Bertz CT molecular complexity index is 845. The van der Waals surface area contributed by atoms with Gasteiger partial charge < -0.3 is 4.74 Å². The highest BCUT2D eigenvalue weighted by molar-refractivity contribution is 5.90. The number of unbranched alkanes of at least 4 members (excludes halogenated alkanes) is 4. The summed E-state index contributed by atoms with van der Waals surface area (Å²) in [4.78, 5) is 21.3. The van der Waals surface area contributed by atoms with Gasteiger partial charge in [0, 0.05) is 18.0 Å².